The summed E-state index contributed by atoms with van der Waals surface area (Å²) < 4.78 is 29.2. The van der Waals surface area contributed by atoms with Crippen LogP contribution in [0, 0.1) is 11.6 Å². The number of rotatable bonds is 4. The Bertz CT molecular complexity index is 759. The molecule has 0 saturated heterocycles. The summed E-state index contributed by atoms with van der Waals surface area (Å²) in [6, 6.07) is 18.5. The van der Waals surface area contributed by atoms with Crippen LogP contribution in [0.4, 0.5) is 8.78 Å². The van der Waals surface area contributed by atoms with Crippen LogP contribution in [-0.4, -0.2) is 0 Å². The minimum Gasteiger partial charge on any atom is -0.203 e. The van der Waals surface area contributed by atoms with Crippen LogP contribution in [-0.2, 0) is 12.8 Å². The van der Waals surface area contributed by atoms with Crippen molar-refractivity contribution in [2.24, 2.45) is 0 Å². The molecular weight excluding hydrogens is 302 g/mol. The molecule has 0 unspecified atom stereocenters. The second-order valence-electron chi connectivity index (χ2n) is 5.89. The lowest BCUT2D eigenvalue weighted by Crippen LogP contribution is -1.94. The highest BCUT2D eigenvalue weighted by molar-refractivity contribution is 5.72. The van der Waals surface area contributed by atoms with Gasteiger partial charge in [-0.2, -0.15) is 0 Å². The molecule has 0 bridgehead atoms. The molecular formula is C22H20F2. The maximum absolute atomic E-state index is 14.6. The van der Waals surface area contributed by atoms with Crippen LogP contribution in [0.5, 0.6) is 0 Å². The molecule has 0 aliphatic carbocycles. The molecule has 0 amide bonds. The van der Waals surface area contributed by atoms with Gasteiger partial charge in [-0.25, -0.2) is 8.78 Å². The summed E-state index contributed by atoms with van der Waals surface area (Å²) in [7, 11) is 0. The van der Waals surface area contributed by atoms with Gasteiger partial charge in [-0.05, 0) is 35.1 Å². The van der Waals surface area contributed by atoms with Gasteiger partial charge in [0.05, 0.1) is 0 Å². The molecule has 0 N–H and O–H groups in total. The van der Waals surface area contributed by atoms with Crippen molar-refractivity contribution in [2.45, 2.75) is 26.7 Å². The molecule has 0 aliphatic heterocycles. The molecule has 0 saturated carbocycles. The Morgan fingerprint density at radius 3 is 1.17 bits per heavy atom. The van der Waals surface area contributed by atoms with Gasteiger partial charge in [-0.1, -0.05) is 74.5 Å². The fourth-order valence-electron chi connectivity index (χ4n) is 2.84. The van der Waals surface area contributed by atoms with Gasteiger partial charge in [0.1, 0.15) is 0 Å². The maximum Gasteiger partial charge on any atom is 0.167 e. The number of hydrogen-bond acceptors (Lipinski definition) is 0. The Balaban J connectivity index is 2.01. The van der Waals surface area contributed by atoms with E-state index in [1.807, 2.05) is 48.5 Å². The zero-order chi connectivity index (χ0) is 17.1. The smallest absolute Gasteiger partial charge is 0.167 e. The van der Waals surface area contributed by atoms with Crippen molar-refractivity contribution in [3.05, 3.63) is 83.4 Å². The molecule has 0 aromatic heterocycles. The fraction of sp³-hybridized carbons (Fsp3) is 0.182. The van der Waals surface area contributed by atoms with Crippen LogP contribution in [0.25, 0.3) is 22.3 Å². The van der Waals surface area contributed by atoms with Crippen LogP contribution in [0.15, 0.2) is 60.7 Å². The Kier molecular flexibility index (Phi) is 4.75. The predicted octanol–water partition coefficient (Wildman–Crippen LogP) is 6.42. The van der Waals surface area contributed by atoms with Gasteiger partial charge in [-0.3, -0.25) is 0 Å². The van der Waals surface area contributed by atoms with E-state index >= 15 is 0 Å². The van der Waals surface area contributed by atoms with Crippen molar-refractivity contribution < 1.29 is 8.78 Å². The van der Waals surface area contributed by atoms with Gasteiger partial charge < -0.3 is 0 Å². The zero-order valence-corrected chi connectivity index (χ0v) is 13.9. The molecule has 122 valence electrons. The van der Waals surface area contributed by atoms with Gasteiger partial charge >= 0.3 is 0 Å². The number of aryl methyl sites for hydroxylation is 2. The lowest BCUT2D eigenvalue weighted by molar-refractivity contribution is 0.514. The van der Waals surface area contributed by atoms with E-state index in [1.54, 1.807) is 12.1 Å². The average Bonchev–Trinajstić information content (AvgIpc) is 2.64. The molecule has 0 heterocycles. The number of hydrogen-bond donors (Lipinski definition) is 0. The fourth-order valence-corrected chi connectivity index (χ4v) is 2.84. The first-order valence-electron chi connectivity index (χ1n) is 8.30. The van der Waals surface area contributed by atoms with Crippen LogP contribution < -0.4 is 0 Å². The van der Waals surface area contributed by atoms with Crippen LogP contribution in [0.1, 0.15) is 25.0 Å². The molecule has 0 spiro atoms. The van der Waals surface area contributed by atoms with Gasteiger partial charge in [0.15, 0.2) is 11.6 Å². The second kappa shape index (κ2) is 6.96. The van der Waals surface area contributed by atoms with E-state index in [2.05, 4.69) is 13.8 Å². The zero-order valence-electron chi connectivity index (χ0n) is 13.9. The highest BCUT2D eigenvalue weighted by Gasteiger charge is 2.15. The summed E-state index contributed by atoms with van der Waals surface area (Å²) >= 11 is 0. The molecule has 3 rings (SSSR count). The summed E-state index contributed by atoms with van der Waals surface area (Å²) in [5.41, 5.74) is 4.32. The van der Waals surface area contributed by atoms with Gasteiger partial charge in [-0.15, -0.1) is 0 Å². The van der Waals surface area contributed by atoms with Crippen LogP contribution in [0.2, 0.25) is 0 Å². The van der Waals surface area contributed by atoms with Crippen molar-refractivity contribution in [1.82, 2.24) is 0 Å². The first-order chi connectivity index (χ1) is 11.6. The topological polar surface area (TPSA) is 0 Å². The Morgan fingerprint density at radius 2 is 0.875 bits per heavy atom. The average molecular weight is 322 g/mol. The molecule has 0 nitrogen and oxygen atoms in total. The summed E-state index contributed by atoms with van der Waals surface area (Å²) in [4.78, 5) is 0. The van der Waals surface area contributed by atoms with Crippen molar-refractivity contribution in [3.63, 3.8) is 0 Å². The molecule has 0 fully saturated rings. The number of benzene rings is 3. The SMILES string of the molecule is CCc1ccc(-c2ccc(-c3ccc(CC)cc3)c(F)c2F)cc1. The van der Waals surface area contributed by atoms with E-state index < -0.39 is 11.6 Å². The van der Waals surface area contributed by atoms with Crippen molar-refractivity contribution in [2.75, 3.05) is 0 Å². The third-order valence-electron chi connectivity index (χ3n) is 4.43. The molecule has 0 atom stereocenters. The molecule has 3 aromatic carbocycles. The first-order valence-corrected chi connectivity index (χ1v) is 8.30. The van der Waals surface area contributed by atoms with Crippen molar-refractivity contribution in [1.29, 1.82) is 0 Å². The number of halogens is 2. The monoisotopic (exact) mass is 322 g/mol. The lowest BCUT2D eigenvalue weighted by Gasteiger charge is -2.10. The van der Waals surface area contributed by atoms with Gasteiger partial charge in [0, 0.05) is 11.1 Å². The highest BCUT2D eigenvalue weighted by atomic mass is 19.2. The Hall–Kier alpha value is -2.48. The minimum absolute atomic E-state index is 0.295. The van der Waals surface area contributed by atoms with E-state index in [1.165, 1.54) is 11.1 Å². The highest BCUT2D eigenvalue weighted by Crippen LogP contribution is 2.31. The normalized spacial score (nSPS) is 10.8. The Morgan fingerprint density at radius 1 is 0.542 bits per heavy atom. The van der Waals surface area contributed by atoms with Crippen LogP contribution in [0.3, 0.4) is 0 Å². The predicted molar refractivity (Wildman–Crippen MR) is 96.0 cm³/mol. The van der Waals surface area contributed by atoms with Crippen molar-refractivity contribution >= 4 is 0 Å². The third kappa shape index (κ3) is 3.09. The largest absolute Gasteiger partial charge is 0.203 e. The van der Waals surface area contributed by atoms with E-state index in [4.69, 9.17) is 0 Å². The lowest BCUT2D eigenvalue weighted by atomic mass is 9.97. The molecule has 24 heavy (non-hydrogen) atoms. The van der Waals surface area contributed by atoms with E-state index in [0.29, 0.717) is 22.3 Å². The molecule has 2 heteroatoms. The maximum atomic E-state index is 14.6. The van der Waals surface area contributed by atoms with Gasteiger partial charge in [0.25, 0.3) is 0 Å². The van der Waals surface area contributed by atoms with E-state index in [-0.39, 0.29) is 0 Å². The summed E-state index contributed by atoms with van der Waals surface area (Å²) in [6.45, 7) is 4.13. The van der Waals surface area contributed by atoms with E-state index in [0.717, 1.165) is 12.8 Å². The van der Waals surface area contributed by atoms with Crippen LogP contribution >= 0.6 is 0 Å². The first kappa shape index (κ1) is 16.4. The standard InChI is InChI=1S/C22H20F2/c1-3-15-5-9-17(10-6-15)19-13-14-20(22(24)21(19)23)18-11-7-16(4-2)8-12-18/h5-14H,3-4H2,1-2H3. The molecule has 0 radical (unpaired) electrons. The van der Waals surface area contributed by atoms with Crippen molar-refractivity contribution in [3.8, 4) is 22.3 Å². The van der Waals surface area contributed by atoms with E-state index in [9.17, 15) is 8.78 Å². The Labute approximate surface area is 141 Å². The second-order valence-corrected chi connectivity index (χ2v) is 5.89. The minimum atomic E-state index is -0.795. The quantitative estimate of drug-likeness (QED) is 0.519. The summed E-state index contributed by atoms with van der Waals surface area (Å²) in [6.07, 6.45) is 1.84. The summed E-state index contributed by atoms with van der Waals surface area (Å²) in [5.74, 6) is -1.59. The summed E-state index contributed by atoms with van der Waals surface area (Å²) in [5, 5.41) is 0. The van der Waals surface area contributed by atoms with Gasteiger partial charge in [0.2, 0.25) is 0 Å². The third-order valence-corrected chi connectivity index (χ3v) is 4.43. The molecule has 3 aromatic rings. The molecule has 0 aliphatic rings.